The Morgan fingerprint density at radius 1 is 0.500 bits per heavy atom. The summed E-state index contributed by atoms with van der Waals surface area (Å²) in [6, 6.07) is 20.0. The van der Waals surface area contributed by atoms with Crippen molar-refractivity contribution in [3.63, 3.8) is 0 Å². The fourth-order valence-electron chi connectivity index (χ4n) is 5.33. The predicted molar refractivity (Wildman–Crippen MR) is 129 cm³/mol. The monoisotopic (exact) mass is 387 g/mol. The molecule has 30 heavy (non-hydrogen) atoms. The second kappa shape index (κ2) is 5.25. The SMILES string of the molecule is Cc1ccc2c(c1)[nH]c1c3[nH]c4c(C)cccc4c3c3c4ccc(C)cc4[nH]c3c21. The highest BCUT2D eigenvalue weighted by Crippen LogP contribution is 2.44. The summed E-state index contributed by atoms with van der Waals surface area (Å²) in [6.07, 6.45) is 0. The van der Waals surface area contributed by atoms with Crippen molar-refractivity contribution in [2.24, 2.45) is 0 Å². The molecule has 7 rings (SSSR count). The molecule has 0 atom stereocenters. The van der Waals surface area contributed by atoms with Gasteiger partial charge in [0.15, 0.2) is 0 Å². The first-order valence-electron chi connectivity index (χ1n) is 10.5. The summed E-state index contributed by atoms with van der Waals surface area (Å²) in [7, 11) is 0. The molecule has 144 valence electrons. The molecule has 0 radical (unpaired) electrons. The minimum atomic E-state index is 1.18. The number of nitrogens with one attached hydrogen (secondary N) is 3. The van der Waals surface area contributed by atoms with E-state index in [-0.39, 0.29) is 0 Å². The number of hydrogen-bond donors (Lipinski definition) is 3. The van der Waals surface area contributed by atoms with Gasteiger partial charge in [-0.3, -0.25) is 0 Å². The lowest BCUT2D eigenvalue weighted by molar-refractivity contribution is 1.44. The second-order valence-corrected chi connectivity index (χ2v) is 8.72. The van der Waals surface area contributed by atoms with Gasteiger partial charge in [-0.25, -0.2) is 0 Å². The molecule has 0 aliphatic heterocycles. The molecule has 3 aromatic heterocycles. The van der Waals surface area contributed by atoms with Crippen molar-refractivity contribution in [2.75, 3.05) is 0 Å². The number of para-hydroxylation sites is 1. The number of benzene rings is 4. The van der Waals surface area contributed by atoms with Crippen LogP contribution in [0.2, 0.25) is 0 Å². The molecular weight excluding hydrogens is 366 g/mol. The highest BCUT2D eigenvalue weighted by atomic mass is 14.8. The van der Waals surface area contributed by atoms with Gasteiger partial charge in [0, 0.05) is 48.9 Å². The Kier molecular flexibility index (Phi) is 2.82. The molecule has 0 aliphatic rings. The minimum Gasteiger partial charge on any atom is -0.354 e. The summed E-state index contributed by atoms with van der Waals surface area (Å²) in [5.41, 5.74) is 11.0. The molecular formula is C27H21N3. The van der Waals surface area contributed by atoms with Gasteiger partial charge in [0.05, 0.1) is 16.6 Å². The number of fused-ring (bicyclic) bond motifs is 12. The van der Waals surface area contributed by atoms with E-state index in [1.807, 2.05) is 0 Å². The lowest BCUT2D eigenvalue weighted by Gasteiger charge is -2.01. The number of hydrogen-bond acceptors (Lipinski definition) is 0. The van der Waals surface area contributed by atoms with Crippen molar-refractivity contribution in [1.82, 2.24) is 15.0 Å². The van der Waals surface area contributed by atoms with E-state index in [1.54, 1.807) is 0 Å². The van der Waals surface area contributed by atoms with Crippen molar-refractivity contribution in [2.45, 2.75) is 20.8 Å². The maximum absolute atomic E-state index is 3.78. The molecule has 0 aliphatic carbocycles. The number of aryl methyl sites for hydroxylation is 3. The largest absolute Gasteiger partial charge is 0.354 e. The van der Waals surface area contributed by atoms with E-state index in [2.05, 4.69) is 90.3 Å². The first kappa shape index (κ1) is 16.1. The summed E-state index contributed by atoms with van der Waals surface area (Å²) < 4.78 is 0. The smallest absolute Gasteiger partial charge is 0.0732 e. The molecule has 0 amide bonds. The Morgan fingerprint density at radius 2 is 1.10 bits per heavy atom. The van der Waals surface area contributed by atoms with E-state index in [1.165, 1.54) is 82.1 Å². The summed E-state index contributed by atoms with van der Waals surface area (Å²) in [5, 5.41) is 7.71. The summed E-state index contributed by atoms with van der Waals surface area (Å²) in [4.78, 5) is 11.3. The molecule has 3 heterocycles. The maximum atomic E-state index is 3.78. The van der Waals surface area contributed by atoms with Crippen LogP contribution < -0.4 is 0 Å². The third-order valence-electron chi connectivity index (χ3n) is 6.70. The van der Waals surface area contributed by atoms with Crippen LogP contribution in [0.25, 0.3) is 65.4 Å². The average Bonchev–Trinajstić information content (AvgIpc) is 3.38. The van der Waals surface area contributed by atoms with E-state index < -0.39 is 0 Å². The number of rotatable bonds is 0. The van der Waals surface area contributed by atoms with Crippen LogP contribution in [0.1, 0.15) is 16.7 Å². The van der Waals surface area contributed by atoms with Crippen molar-refractivity contribution in [1.29, 1.82) is 0 Å². The van der Waals surface area contributed by atoms with Crippen LogP contribution in [-0.2, 0) is 0 Å². The van der Waals surface area contributed by atoms with E-state index in [4.69, 9.17) is 0 Å². The number of aromatic amines is 3. The second-order valence-electron chi connectivity index (χ2n) is 8.72. The molecule has 7 aromatic rings. The molecule has 0 unspecified atom stereocenters. The Balaban J connectivity index is 1.90. The van der Waals surface area contributed by atoms with Crippen LogP contribution in [0.5, 0.6) is 0 Å². The van der Waals surface area contributed by atoms with Crippen molar-refractivity contribution < 1.29 is 0 Å². The zero-order valence-corrected chi connectivity index (χ0v) is 17.2. The van der Waals surface area contributed by atoms with Crippen molar-refractivity contribution >= 4 is 65.4 Å². The highest BCUT2D eigenvalue weighted by molar-refractivity contribution is 6.39. The van der Waals surface area contributed by atoms with Gasteiger partial charge in [-0.1, -0.05) is 42.5 Å². The van der Waals surface area contributed by atoms with Gasteiger partial charge in [-0.2, -0.15) is 0 Å². The average molecular weight is 387 g/mol. The summed E-state index contributed by atoms with van der Waals surface area (Å²) in [5.74, 6) is 0. The van der Waals surface area contributed by atoms with Crippen LogP contribution in [0.15, 0.2) is 54.6 Å². The lowest BCUT2D eigenvalue weighted by Crippen LogP contribution is -1.77. The Morgan fingerprint density at radius 3 is 1.83 bits per heavy atom. The van der Waals surface area contributed by atoms with Crippen LogP contribution in [-0.4, -0.2) is 15.0 Å². The first-order chi connectivity index (χ1) is 14.6. The molecule has 0 saturated heterocycles. The van der Waals surface area contributed by atoms with Crippen molar-refractivity contribution in [3.05, 3.63) is 71.3 Å². The van der Waals surface area contributed by atoms with Gasteiger partial charge >= 0.3 is 0 Å². The molecule has 0 spiro atoms. The third-order valence-corrected chi connectivity index (χ3v) is 6.70. The zero-order valence-electron chi connectivity index (χ0n) is 17.2. The van der Waals surface area contributed by atoms with Gasteiger partial charge in [-0.15, -0.1) is 0 Å². The quantitative estimate of drug-likeness (QED) is 0.241. The highest BCUT2D eigenvalue weighted by Gasteiger charge is 2.21. The number of aromatic nitrogens is 3. The summed E-state index contributed by atoms with van der Waals surface area (Å²) in [6.45, 7) is 6.48. The number of H-pyrrole nitrogens is 3. The molecule has 0 saturated carbocycles. The topological polar surface area (TPSA) is 47.4 Å². The fourth-order valence-corrected chi connectivity index (χ4v) is 5.33. The predicted octanol–water partition coefficient (Wildman–Crippen LogP) is 7.52. The molecule has 0 bridgehead atoms. The Bertz CT molecular complexity index is 1820. The third kappa shape index (κ3) is 1.85. The standard InChI is InChI=1S/C27H21N3/c1-13-7-9-16-19(11-13)28-25-21(16)22-18-6-4-5-15(3)24(18)30-26(22)27-23(25)17-10-8-14(2)12-20(17)29-27/h4-12,28-30H,1-3H3. The molecule has 3 nitrogen and oxygen atoms in total. The van der Waals surface area contributed by atoms with E-state index in [9.17, 15) is 0 Å². The van der Waals surface area contributed by atoms with Crippen LogP contribution in [0.4, 0.5) is 0 Å². The van der Waals surface area contributed by atoms with Gasteiger partial charge in [-0.05, 0) is 49.6 Å². The van der Waals surface area contributed by atoms with E-state index in [0.717, 1.165) is 0 Å². The van der Waals surface area contributed by atoms with Gasteiger partial charge < -0.3 is 15.0 Å². The Labute approximate surface area is 172 Å². The van der Waals surface area contributed by atoms with Gasteiger partial charge in [0.2, 0.25) is 0 Å². The Hall–Kier alpha value is -3.72. The maximum Gasteiger partial charge on any atom is 0.0732 e. The normalized spacial score (nSPS) is 12.5. The molecule has 0 fully saturated rings. The zero-order chi connectivity index (χ0) is 20.1. The summed E-state index contributed by atoms with van der Waals surface area (Å²) >= 11 is 0. The minimum absolute atomic E-state index is 1.18. The van der Waals surface area contributed by atoms with Crippen molar-refractivity contribution in [3.8, 4) is 0 Å². The van der Waals surface area contributed by atoms with Gasteiger partial charge in [0.25, 0.3) is 0 Å². The molecule has 4 aromatic carbocycles. The van der Waals surface area contributed by atoms with E-state index >= 15 is 0 Å². The molecule has 3 heteroatoms. The van der Waals surface area contributed by atoms with Crippen LogP contribution in [0, 0.1) is 20.8 Å². The molecule has 3 N–H and O–H groups in total. The van der Waals surface area contributed by atoms with Crippen LogP contribution in [0.3, 0.4) is 0 Å². The van der Waals surface area contributed by atoms with Gasteiger partial charge in [0.1, 0.15) is 0 Å². The lowest BCUT2D eigenvalue weighted by atomic mass is 10.0. The first-order valence-corrected chi connectivity index (χ1v) is 10.5. The van der Waals surface area contributed by atoms with E-state index in [0.29, 0.717) is 0 Å². The van der Waals surface area contributed by atoms with Crippen LogP contribution >= 0.6 is 0 Å². The fraction of sp³-hybridized carbons (Fsp3) is 0.111.